The lowest BCUT2D eigenvalue weighted by atomic mass is 10.1. The highest BCUT2D eigenvalue weighted by Crippen LogP contribution is 2.23. The van der Waals surface area contributed by atoms with E-state index in [9.17, 15) is 18.4 Å². The minimum absolute atomic E-state index is 0.0672. The molecule has 2 amide bonds. The lowest BCUT2D eigenvalue weighted by molar-refractivity contribution is -0.132. The molecule has 11 heteroatoms. The first-order valence-corrected chi connectivity index (χ1v) is 11.8. The highest BCUT2D eigenvalue weighted by Gasteiger charge is 2.27. The number of carbonyl (C=O) groups is 2. The third-order valence-electron chi connectivity index (χ3n) is 5.39. The van der Waals surface area contributed by atoms with Crippen LogP contribution in [0.15, 0.2) is 47.6 Å². The summed E-state index contributed by atoms with van der Waals surface area (Å²) in [6.45, 7) is 6.52. The van der Waals surface area contributed by atoms with Gasteiger partial charge in [0.15, 0.2) is 11.6 Å². The van der Waals surface area contributed by atoms with Crippen molar-refractivity contribution < 1.29 is 27.8 Å². The van der Waals surface area contributed by atoms with Gasteiger partial charge >= 0.3 is 6.09 Å². The predicted molar refractivity (Wildman–Crippen MR) is 135 cm³/mol. The first-order chi connectivity index (χ1) is 17.6. The summed E-state index contributed by atoms with van der Waals surface area (Å²) in [6, 6.07) is 10.9. The van der Waals surface area contributed by atoms with Crippen molar-refractivity contribution in [3.05, 3.63) is 65.2 Å². The maximum absolute atomic E-state index is 14.7. The topological polar surface area (TPSA) is 107 Å². The number of hydrogen-bond acceptors (Lipinski definition) is 7. The number of nitrogens with one attached hydrogen (secondary N) is 2. The van der Waals surface area contributed by atoms with Crippen molar-refractivity contribution in [2.24, 2.45) is 5.10 Å². The third kappa shape index (κ3) is 7.99. The average Bonchev–Trinajstić information content (AvgIpc) is 2.86. The average molecular weight is 516 g/mol. The Morgan fingerprint density at radius 3 is 2.32 bits per heavy atom. The van der Waals surface area contributed by atoms with Gasteiger partial charge in [-0.15, -0.1) is 0 Å². The summed E-state index contributed by atoms with van der Waals surface area (Å²) >= 11 is 0. The van der Waals surface area contributed by atoms with Crippen molar-refractivity contribution >= 4 is 23.9 Å². The normalized spacial score (nSPS) is 14.2. The van der Waals surface area contributed by atoms with E-state index < -0.39 is 23.3 Å². The first kappa shape index (κ1) is 27.6. The molecular weight excluding hydrogens is 484 g/mol. The van der Waals surface area contributed by atoms with E-state index in [0.29, 0.717) is 26.2 Å². The monoisotopic (exact) mass is 515 g/mol. The Morgan fingerprint density at radius 2 is 1.70 bits per heavy atom. The molecule has 0 saturated carbocycles. The first-order valence-electron chi connectivity index (χ1n) is 11.8. The molecule has 2 N–H and O–H groups in total. The molecule has 1 saturated heterocycles. The molecule has 0 aromatic heterocycles. The molecule has 198 valence electrons. The number of piperazine rings is 1. The lowest BCUT2D eigenvalue weighted by Gasteiger charge is -2.35. The zero-order chi connectivity index (χ0) is 27.0. The van der Waals surface area contributed by atoms with Gasteiger partial charge in [-0.3, -0.25) is 10.2 Å². The van der Waals surface area contributed by atoms with Crippen LogP contribution >= 0.6 is 0 Å². The Morgan fingerprint density at radius 1 is 1.05 bits per heavy atom. The maximum Gasteiger partial charge on any atom is 0.410 e. The molecule has 0 bridgehead atoms. The Labute approximate surface area is 214 Å². The van der Waals surface area contributed by atoms with Crippen LogP contribution in [-0.4, -0.2) is 72.1 Å². The number of rotatable bonds is 8. The number of ether oxygens (including phenoxy) is 2. The van der Waals surface area contributed by atoms with Crippen molar-refractivity contribution in [1.82, 2.24) is 15.2 Å². The summed E-state index contributed by atoms with van der Waals surface area (Å²) in [5.41, 5.74) is 2.29. The summed E-state index contributed by atoms with van der Waals surface area (Å²) in [7, 11) is 0. The second-order valence-corrected chi connectivity index (χ2v) is 9.36. The fourth-order valence-electron chi connectivity index (χ4n) is 3.51. The fraction of sp³-hybridized carbons (Fsp3) is 0.385. The van der Waals surface area contributed by atoms with Gasteiger partial charge in [-0.05, 0) is 32.4 Å². The Kier molecular flexibility index (Phi) is 9.15. The molecule has 1 fully saturated rings. The minimum Gasteiger partial charge on any atom is -0.486 e. The lowest BCUT2D eigenvalue weighted by Crippen LogP contribution is -2.52. The molecule has 0 unspecified atom stereocenters. The van der Waals surface area contributed by atoms with E-state index in [1.54, 1.807) is 42.7 Å². The van der Waals surface area contributed by atoms with Crippen molar-refractivity contribution in [2.75, 3.05) is 32.7 Å². The molecule has 1 heterocycles. The van der Waals surface area contributed by atoms with Gasteiger partial charge in [0.05, 0.1) is 0 Å². The molecule has 0 atom stereocenters. The smallest absolute Gasteiger partial charge is 0.410 e. The van der Waals surface area contributed by atoms with Gasteiger partial charge in [0.25, 0.3) is 0 Å². The maximum atomic E-state index is 14.7. The van der Waals surface area contributed by atoms with Crippen molar-refractivity contribution in [1.29, 1.82) is 5.41 Å². The molecule has 9 nitrogen and oxygen atoms in total. The van der Waals surface area contributed by atoms with E-state index in [-0.39, 0.29) is 36.1 Å². The van der Waals surface area contributed by atoms with Crippen molar-refractivity contribution in [3.8, 4) is 5.75 Å². The molecule has 0 radical (unpaired) electrons. The van der Waals surface area contributed by atoms with Crippen LogP contribution in [0.5, 0.6) is 5.75 Å². The van der Waals surface area contributed by atoms with Gasteiger partial charge in [0, 0.05) is 44.0 Å². The zero-order valence-electron chi connectivity index (χ0n) is 21.1. The van der Waals surface area contributed by atoms with E-state index >= 15 is 0 Å². The molecule has 1 aliphatic heterocycles. The summed E-state index contributed by atoms with van der Waals surface area (Å²) in [4.78, 5) is 27.8. The van der Waals surface area contributed by atoms with E-state index in [1.165, 1.54) is 0 Å². The van der Waals surface area contributed by atoms with Gasteiger partial charge in [0.2, 0.25) is 5.91 Å². The number of carbonyl (C=O) groups excluding carboxylic acids is 2. The van der Waals surface area contributed by atoms with Gasteiger partial charge in [-0.25, -0.2) is 13.6 Å². The molecule has 0 aliphatic carbocycles. The number of benzene rings is 2. The van der Waals surface area contributed by atoms with E-state index in [1.807, 2.05) is 18.2 Å². The van der Waals surface area contributed by atoms with E-state index in [0.717, 1.165) is 23.9 Å². The highest BCUT2D eigenvalue weighted by atomic mass is 19.1. The van der Waals surface area contributed by atoms with E-state index in [4.69, 9.17) is 14.9 Å². The minimum atomic E-state index is -0.821. The largest absolute Gasteiger partial charge is 0.486 e. The predicted octanol–water partition coefficient (Wildman–Crippen LogP) is 3.57. The van der Waals surface area contributed by atoms with E-state index in [2.05, 4.69) is 10.5 Å². The Bertz CT molecular complexity index is 1140. The van der Waals surface area contributed by atoms with Crippen LogP contribution in [0.25, 0.3) is 0 Å². The van der Waals surface area contributed by atoms with Crippen LogP contribution in [0.2, 0.25) is 0 Å². The number of amides is 2. The van der Waals surface area contributed by atoms with Crippen LogP contribution in [0.4, 0.5) is 13.6 Å². The Hall–Kier alpha value is -4.02. The third-order valence-corrected chi connectivity index (χ3v) is 5.39. The number of hydrazone groups is 1. The van der Waals surface area contributed by atoms with Crippen molar-refractivity contribution in [3.63, 3.8) is 0 Å². The second-order valence-electron chi connectivity index (χ2n) is 9.36. The van der Waals surface area contributed by atoms with Crippen LogP contribution in [0, 0.1) is 17.0 Å². The summed E-state index contributed by atoms with van der Waals surface area (Å²) in [5, 5.41) is 11.5. The van der Waals surface area contributed by atoms with Gasteiger partial charge in [0.1, 0.15) is 30.3 Å². The standard InChI is InChI=1S/C26H31F2N5O4/c1-26(2,3)37-25(35)33-11-9-32(10-12-33)24(34)16-30-31-22(15-29)19-13-21(28)23(14-20(19)27)36-17-18-7-5-4-6-8-18/h4-8,13-15,29-30H,9-12,16-17H2,1-3H3/b29-15?,31-22+. The molecule has 37 heavy (non-hydrogen) atoms. The summed E-state index contributed by atoms with van der Waals surface area (Å²) in [5.74, 6) is -2.17. The van der Waals surface area contributed by atoms with Crippen LogP contribution < -0.4 is 10.2 Å². The zero-order valence-corrected chi connectivity index (χ0v) is 21.1. The molecule has 3 rings (SSSR count). The fourth-order valence-corrected chi connectivity index (χ4v) is 3.51. The quantitative estimate of drug-likeness (QED) is 0.413. The molecule has 1 aliphatic rings. The van der Waals surface area contributed by atoms with Crippen LogP contribution in [0.1, 0.15) is 31.9 Å². The van der Waals surface area contributed by atoms with Gasteiger partial charge in [-0.2, -0.15) is 5.10 Å². The second kappa shape index (κ2) is 12.3. The number of halogens is 2. The van der Waals surface area contributed by atoms with Gasteiger partial charge in [-0.1, -0.05) is 30.3 Å². The Balaban J connectivity index is 1.54. The van der Waals surface area contributed by atoms with Gasteiger partial charge < -0.3 is 24.7 Å². The van der Waals surface area contributed by atoms with Crippen molar-refractivity contribution in [2.45, 2.75) is 33.0 Å². The molecule has 2 aromatic carbocycles. The highest BCUT2D eigenvalue weighted by molar-refractivity contribution is 6.37. The summed E-state index contributed by atoms with van der Waals surface area (Å²) < 4.78 is 40.0. The molecule has 2 aromatic rings. The molecule has 0 spiro atoms. The summed E-state index contributed by atoms with van der Waals surface area (Å²) in [6.07, 6.45) is 0.336. The molecular formula is C26H31F2N5O4. The number of hydrogen-bond donors (Lipinski definition) is 2. The van der Waals surface area contributed by atoms with Crippen LogP contribution in [0.3, 0.4) is 0 Å². The van der Waals surface area contributed by atoms with Crippen LogP contribution in [-0.2, 0) is 16.1 Å². The SMILES string of the molecule is CC(C)(C)OC(=O)N1CCN(C(=O)CN/N=C(\C=N)c2cc(F)c(OCc3ccccc3)cc2F)CC1. The number of nitrogens with zero attached hydrogens (tertiary/aromatic N) is 3.